The summed E-state index contributed by atoms with van der Waals surface area (Å²) in [7, 11) is 0. The average Bonchev–Trinajstić information content (AvgIpc) is 2.49. The third kappa shape index (κ3) is 3.70. The Morgan fingerprint density at radius 1 is 1.14 bits per heavy atom. The lowest BCUT2D eigenvalue weighted by atomic mass is 10.0. The van der Waals surface area contributed by atoms with Crippen molar-refractivity contribution in [3.8, 4) is 0 Å². The number of aromatic carboxylic acids is 1. The quantitative estimate of drug-likeness (QED) is 0.881. The molecule has 1 amide bonds. The van der Waals surface area contributed by atoms with Gasteiger partial charge in [0.25, 0.3) is 0 Å². The van der Waals surface area contributed by atoms with E-state index in [0.29, 0.717) is 10.2 Å². The van der Waals surface area contributed by atoms with Crippen LogP contribution in [0.25, 0.3) is 0 Å². The third-order valence-corrected chi connectivity index (χ3v) is 3.85. The van der Waals surface area contributed by atoms with E-state index in [9.17, 15) is 9.59 Å². The third-order valence-electron chi connectivity index (χ3n) is 3.16. The van der Waals surface area contributed by atoms with E-state index < -0.39 is 5.97 Å². The molecule has 5 heteroatoms. The number of carbonyl (C=O) groups is 2. The fourth-order valence-corrected chi connectivity index (χ4v) is 2.33. The Morgan fingerprint density at radius 3 is 2.43 bits per heavy atom. The number of rotatable bonds is 4. The van der Waals surface area contributed by atoms with Crippen LogP contribution in [0.15, 0.2) is 53.0 Å². The molecule has 0 aliphatic heterocycles. The van der Waals surface area contributed by atoms with Crippen molar-refractivity contribution in [1.29, 1.82) is 0 Å². The molecule has 108 valence electrons. The summed E-state index contributed by atoms with van der Waals surface area (Å²) >= 11 is 3.17. The van der Waals surface area contributed by atoms with Crippen LogP contribution in [0.2, 0.25) is 0 Å². The van der Waals surface area contributed by atoms with Gasteiger partial charge in [0.05, 0.1) is 11.5 Å². The molecule has 2 rings (SSSR count). The van der Waals surface area contributed by atoms with Crippen molar-refractivity contribution < 1.29 is 14.7 Å². The Bertz CT molecular complexity index is 670. The number of nitrogens with one attached hydrogen (secondary N) is 1. The molecule has 2 aromatic carbocycles. The van der Waals surface area contributed by atoms with Crippen LogP contribution in [0.4, 0.5) is 5.69 Å². The zero-order valence-corrected chi connectivity index (χ0v) is 12.9. The van der Waals surface area contributed by atoms with E-state index in [1.165, 1.54) is 6.07 Å². The summed E-state index contributed by atoms with van der Waals surface area (Å²) in [5.41, 5.74) is 1.48. The summed E-state index contributed by atoms with van der Waals surface area (Å²) in [4.78, 5) is 23.3. The van der Waals surface area contributed by atoms with Crippen LogP contribution in [0, 0.1) is 0 Å². The molecule has 0 saturated carbocycles. The number of carboxylic acids is 1. The molecule has 2 aromatic rings. The number of hydrogen-bond donors (Lipinski definition) is 2. The van der Waals surface area contributed by atoms with Crippen molar-refractivity contribution in [3.63, 3.8) is 0 Å². The van der Waals surface area contributed by atoms with Gasteiger partial charge in [-0.3, -0.25) is 4.79 Å². The van der Waals surface area contributed by atoms with Crippen LogP contribution in [-0.4, -0.2) is 17.0 Å². The lowest BCUT2D eigenvalue weighted by Crippen LogP contribution is -2.19. The van der Waals surface area contributed by atoms with Gasteiger partial charge in [0, 0.05) is 10.2 Å². The maximum Gasteiger partial charge on any atom is 0.336 e. The van der Waals surface area contributed by atoms with Gasteiger partial charge in [-0.1, -0.05) is 30.3 Å². The first-order chi connectivity index (χ1) is 9.99. The SMILES string of the molecule is CC(C(=O)Nc1ccc(Br)c(C(=O)O)c1)c1ccccc1. The van der Waals surface area contributed by atoms with Gasteiger partial charge in [-0.15, -0.1) is 0 Å². The summed E-state index contributed by atoms with van der Waals surface area (Å²) in [6.45, 7) is 1.81. The van der Waals surface area contributed by atoms with Crippen molar-refractivity contribution in [2.24, 2.45) is 0 Å². The second kappa shape index (κ2) is 6.54. The highest BCUT2D eigenvalue weighted by atomic mass is 79.9. The van der Waals surface area contributed by atoms with Crippen LogP contribution in [0.3, 0.4) is 0 Å². The van der Waals surface area contributed by atoms with Gasteiger partial charge in [0.1, 0.15) is 0 Å². The minimum Gasteiger partial charge on any atom is -0.478 e. The number of benzene rings is 2. The van der Waals surface area contributed by atoms with Crippen molar-refractivity contribution in [2.45, 2.75) is 12.8 Å². The van der Waals surface area contributed by atoms with Gasteiger partial charge in [-0.25, -0.2) is 4.79 Å². The molecular formula is C16H14BrNO3. The predicted molar refractivity (Wildman–Crippen MR) is 84.6 cm³/mol. The average molecular weight is 348 g/mol. The van der Waals surface area contributed by atoms with Crippen LogP contribution < -0.4 is 5.32 Å². The molecular weight excluding hydrogens is 334 g/mol. The van der Waals surface area contributed by atoms with E-state index in [1.54, 1.807) is 12.1 Å². The second-order valence-electron chi connectivity index (χ2n) is 4.62. The minimum atomic E-state index is -1.05. The van der Waals surface area contributed by atoms with Crippen molar-refractivity contribution in [3.05, 3.63) is 64.1 Å². The summed E-state index contributed by atoms with van der Waals surface area (Å²) in [6, 6.07) is 14.1. The zero-order chi connectivity index (χ0) is 15.4. The first kappa shape index (κ1) is 15.3. The molecule has 0 aromatic heterocycles. The van der Waals surface area contributed by atoms with Crippen molar-refractivity contribution >= 4 is 33.5 Å². The molecule has 0 aliphatic carbocycles. The molecule has 1 atom stereocenters. The Morgan fingerprint density at radius 2 is 1.81 bits per heavy atom. The largest absolute Gasteiger partial charge is 0.478 e. The van der Waals surface area contributed by atoms with Crippen molar-refractivity contribution in [1.82, 2.24) is 0 Å². The predicted octanol–water partition coefficient (Wildman–Crippen LogP) is 3.89. The van der Waals surface area contributed by atoms with Gasteiger partial charge in [-0.2, -0.15) is 0 Å². The zero-order valence-electron chi connectivity index (χ0n) is 11.3. The first-order valence-corrected chi connectivity index (χ1v) is 7.17. The van der Waals surface area contributed by atoms with Crippen LogP contribution >= 0.6 is 15.9 Å². The van der Waals surface area contributed by atoms with Gasteiger partial charge >= 0.3 is 5.97 Å². The Hall–Kier alpha value is -2.14. The smallest absolute Gasteiger partial charge is 0.336 e. The van der Waals surface area contributed by atoms with Gasteiger partial charge < -0.3 is 10.4 Å². The Kier molecular flexibility index (Phi) is 4.75. The maximum atomic E-state index is 12.2. The highest BCUT2D eigenvalue weighted by Gasteiger charge is 2.16. The van der Waals surface area contributed by atoms with E-state index >= 15 is 0 Å². The van der Waals surface area contributed by atoms with E-state index in [2.05, 4.69) is 21.2 Å². The molecule has 21 heavy (non-hydrogen) atoms. The highest BCUT2D eigenvalue weighted by Crippen LogP contribution is 2.23. The number of amides is 1. The van der Waals surface area contributed by atoms with Crippen LogP contribution in [0.1, 0.15) is 28.8 Å². The fraction of sp³-hybridized carbons (Fsp3) is 0.125. The minimum absolute atomic E-state index is 0.111. The maximum absolute atomic E-state index is 12.2. The van der Waals surface area contributed by atoms with Crippen LogP contribution in [0.5, 0.6) is 0 Å². The van der Waals surface area contributed by atoms with E-state index in [0.717, 1.165) is 5.56 Å². The monoisotopic (exact) mass is 347 g/mol. The molecule has 0 radical (unpaired) electrons. The fourth-order valence-electron chi connectivity index (χ4n) is 1.91. The van der Waals surface area contributed by atoms with Gasteiger partial charge in [0.2, 0.25) is 5.91 Å². The summed E-state index contributed by atoms with van der Waals surface area (Å²) in [6.07, 6.45) is 0. The molecule has 2 N–H and O–H groups in total. The molecule has 0 heterocycles. The number of halogens is 1. The first-order valence-electron chi connectivity index (χ1n) is 6.37. The Balaban J connectivity index is 2.16. The Labute approximate surface area is 130 Å². The summed E-state index contributed by atoms with van der Waals surface area (Å²) < 4.78 is 0.476. The van der Waals surface area contributed by atoms with Gasteiger partial charge in [0.15, 0.2) is 0 Å². The normalized spacial score (nSPS) is 11.7. The molecule has 4 nitrogen and oxygen atoms in total. The molecule has 0 bridgehead atoms. The van der Waals surface area contributed by atoms with Crippen LogP contribution in [-0.2, 0) is 4.79 Å². The molecule has 0 saturated heterocycles. The van der Waals surface area contributed by atoms with E-state index in [4.69, 9.17) is 5.11 Å². The van der Waals surface area contributed by atoms with Crippen molar-refractivity contribution in [2.75, 3.05) is 5.32 Å². The number of hydrogen-bond acceptors (Lipinski definition) is 2. The standard InChI is InChI=1S/C16H14BrNO3/c1-10(11-5-3-2-4-6-11)15(19)18-12-7-8-14(17)13(9-12)16(20)21/h2-10H,1H3,(H,18,19)(H,20,21). The molecule has 0 aliphatic rings. The number of carbonyl (C=O) groups excluding carboxylic acids is 1. The van der Waals surface area contributed by atoms with E-state index in [-0.39, 0.29) is 17.4 Å². The number of carboxylic acid groups (broad SMARTS) is 1. The summed E-state index contributed by atoms with van der Waals surface area (Å²) in [5, 5.41) is 11.8. The topological polar surface area (TPSA) is 66.4 Å². The number of anilines is 1. The second-order valence-corrected chi connectivity index (χ2v) is 5.48. The molecule has 0 spiro atoms. The van der Waals surface area contributed by atoms with E-state index in [1.807, 2.05) is 37.3 Å². The van der Waals surface area contributed by atoms with Gasteiger partial charge in [-0.05, 0) is 46.6 Å². The lowest BCUT2D eigenvalue weighted by molar-refractivity contribution is -0.117. The lowest BCUT2D eigenvalue weighted by Gasteiger charge is -2.13. The summed E-state index contributed by atoms with van der Waals surface area (Å²) in [5.74, 6) is -1.54. The highest BCUT2D eigenvalue weighted by molar-refractivity contribution is 9.10. The molecule has 0 fully saturated rings. The molecule has 1 unspecified atom stereocenters.